The van der Waals surface area contributed by atoms with E-state index in [2.05, 4.69) is 20.2 Å². The Morgan fingerprint density at radius 1 is 1.06 bits per heavy atom. The van der Waals surface area contributed by atoms with Gasteiger partial charge < -0.3 is 16.4 Å². The highest BCUT2D eigenvalue weighted by Crippen LogP contribution is 2.38. The molecule has 0 aliphatic carbocycles. The summed E-state index contributed by atoms with van der Waals surface area (Å²) in [5, 5.41) is 7.57. The van der Waals surface area contributed by atoms with Crippen LogP contribution in [0.2, 0.25) is 0 Å². The smallest absolute Gasteiger partial charge is 0.266 e. The number of fused-ring (bicyclic) bond motifs is 3. The normalized spacial score (nSPS) is 20.1. The first kappa shape index (κ1) is 20.6. The number of para-hydroxylation sites is 2. The molecule has 2 aromatic heterocycles. The molecule has 2 unspecified atom stereocenters. The second-order valence-electron chi connectivity index (χ2n) is 8.35. The monoisotopic (exact) mass is 474 g/mol. The topological polar surface area (TPSA) is 147 Å². The first-order valence-corrected chi connectivity index (χ1v) is 12.2. The van der Waals surface area contributed by atoms with Crippen LogP contribution < -0.4 is 15.8 Å². The molecule has 6 rings (SSSR count). The van der Waals surface area contributed by atoms with Gasteiger partial charge in [-0.15, -0.1) is 0 Å². The van der Waals surface area contributed by atoms with Gasteiger partial charge >= 0.3 is 0 Å². The largest absolute Gasteiger partial charge is 0.369 e. The molecule has 2 aliphatic rings. The maximum absolute atomic E-state index is 14.1. The van der Waals surface area contributed by atoms with Gasteiger partial charge in [0.1, 0.15) is 11.1 Å². The van der Waals surface area contributed by atoms with Crippen molar-refractivity contribution in [2.24, 2.45) is 16.5 Å². The molecule has 0 amide bonds. The molecule has 4 heterocycles. The van der Waals surface area contributed by atoms with Crippen LogP contribution in [-0.4, -0.2) is 47.0 Å². The van der Waals surface area contributed by atoms with Gasteiger partial charge in [0, 0.05) is 11.6 Å². The van der Waals surface area contributed by atoms with Crippen LogP contribution in [0.5, 0.6) is 0 Å². The summed E-state index contributed by atoms with van der Waals surface area (Å²) in [6.45, 7) is 0.152. The molecule has 0 spiro atoms. The minimum Gasteiger partial charge on any atom is -0.369 e. The molecule has 0 radical (unpaired) electrons. The van der Waals surface area contributed by atoms with E-state index in [1.165, 1.54) is 4.31 Å². The predicted molar refractivity (Wildman–Crippen MR) is 129 cm³/mol. The third-order valence-electron chi connectivity index (χ3n) is 6.41. The van der Waals surface area contributed by atoms with E-state index in [1.54, 1.807) is 35.5 Å². The van der Waals surface area contributed by atoms with Gasteiger partial charge in [0.05, 0.1) is 35.6 Å². The van der Waals surface area contributed by atoms with Crippen molar-refractivity contribution in [2.75, 3.05) is 10.8 Å². The molecule has 5 N–H and O–H groups in total. The summed E-state index contributed by atoms with van der Waals surface area (Å²) in [6.07, 6.45) is 3.18. The van der Waals surface area contributed by atoms with Crippen LogP contribution >= 0.6 is 0 Å². The second kappa shape index (κ2) is 7.54. The Kier molecular flexibility index (Phi) is 4.57. The van der Waals surface area contributed by atoms with Crippen molar-refractivity contribution in [1.29, 1.82) is 0 Å². The van der Waals surface area contributed by atoms with Crippen LogP contribution in [0.25, 0.3) is 10.9 Å². The molecule has 172 valence electrons. The zero-order valence-electron chi connectivity index (χ0n) is 18.0. The lowest BCUT2D eigenvalue weighted by molar-refractivity contribution is 0.233. The van der Waals surface area contributed by atoms with Crippen LogP contribution in [-0.2, 0) is 16.4 Å². The average molecular weight is 475 g/mol. The van der Waals surface area contributed by atoms with E-state index in [1.807, 2.05) is 36.4 Å². The Morgan fingerprint density at radius 3 is 2.76 bits per heavy atom. The number of sulfonamides is 1. The molecule has 2 aliphatic heterocycles. The van der Waals surface area contributed by atoms with Gasteiger partial charge in [0.15, 0.2) is 11.8 Å². The van der Waals surface area contributed by atoms with Gasteiger partial charge in [-0.2, -0.15) is 10.1 Å². The zero-order valence-corrected chi connectivity index (χ0v) is 18.9. The Balaban J connectivity index is 1.46. The van der Waals surface area contributed by atoms with E-state index < -0.39 is 16.2 Å². The minimum absolute atomic E-state index is 0.152. The van der Waals surface area contributed by atoms with Crippen molar-refractivity contribution >= 4 is 38.4 Å². The number of aromatic nitrogens is 3. The van der Waals surface area contributed by atoms with Crippen molar-refractivity contribution in [2.45, 2.75) is 23.5 Å². The molecule has 2 atom stereocenters. The van der Waals surface area contributed by atoms with Crippen molar-refractivity contribution in [3.8, 4) is 0 Å². The molecule has 0 saturated carbocycles. The number of nitrogens with two attached hydrogens (primary N) is 2. The summed E-state index contributed by atoms with van der Waals surface area (Å²) >= 11 is 0. The lowest BCUT2D eigenvalue weighted by Gasteiger charge is -2.44. The number of nitrogens with one attached hydrogen (secondary N) is 1. The fourth-order valence-corrected chi connectivity index (χ4v) is 6.53. The molecular weight excluding hydrogens is 452 g/mol. The molecule has 11 heteroatoms. The molecular formula is C23H22N8O2S. The minimum atomic E-state index is -3.95. The Bertz CT molecular complexity index is 1540. The van der Waals surface area contributed by atoms with E-state index in [9.17, 15) is 8.42 Å². The number of benzene rings is 2. The number of anilines is 1. The molecule has 4 aromatic rings. The summed E-state index contributed by atoms with van der Waals surface area (Å²) in [4.78, 5) is 10.7. The maximum Gasteiger partial charge on any atom is 0.266 e. The quantitative estimate of drug-likeness (QED) is 0.411. The van der Waals surface area contributed by atoms with Gasteiger partial charge in [0.2, 0.25) is 0 Å². The standard InChI is InChI=1S/C23H22N8O2S/c24-21-17-12-27-29-22(17)28-23(25)31(21)16-11-15-5-1-2-8-18(15)30(13-16)34(32,33)19-9-3-6-14-7-4-10-26-20(14)19/h1-10,12,16,21H,11,13,24H2,(H3,25,27,28,29). The van der Waals surface area contributed by atoms with Crippen molar-refractivity contribution in [3.63, 3.8) is 0 Å². The van der Waals surface area contributed by atoms with Crippen LogP contribution in [0.4, 0.5) is 11.5 Å². The van der Waals surface area contributed by atoms with Crippen molar-refractivity contribution in [3.05, 3.63) is 78.1 Å². The van der Waals surface area contributed by atoms with Crippen molar-refractivity contribution in [1.82, 2.24) is 20.1 Å². The lowest BCUT2D eigenvalue weighted by Crippen LogP contribution is -2.57. The fraction of sp³-hybridized carbons (Fsp3) is 0.174. The Hall–Kier alpha value is -3.96. The molecule has 10 nitrogen and oxygen atoms in total. The Labute approximate surface area is 196 Å². The summed E-state index contributed by atoms with van der Waals surface area (Å²) < 4.78 is 29.6. The number of guanidine groups is 1. The van der Waals surface area contributed by atoms with Crippen LogP contribution in [0.15, 0.2) is 76.9 Å². The average Bonchev–Trinajstić information content (AvgIpc) is 3.32. The number of pyridine rings is 1. The van der Waals surface area contributed by atoms with E-state index in [0.717, 1.165) is 10.9 Å². The number of aromatic amines is 1. The molecule has 2 aromatic carbocycles. The molecule has 0 saturated heterocycles. The number of hydrogen-bond donors (Lipinski definition) is 3. The summed E-state index contributed by atoms with van der Waals surface area (Å²) in [5.74, 6) is 0.738. The lowest BCUT2D eigenvalue weighted by atomic mass is 9.97. The molecule has 34 heavy (non-hydrogen) atoms. The summed E-state index contributed by atoms with van der Waals surface area (Å²) in [5.41, 5.74) is 15.5. The first-order chi connectivity index (χ1) is 16.4. The van der Waals surface area contributed by atoms with Gasteiger partial charge in [-0.05, 0) is 30.2 Å². The van der Waals surface area contributed by atoms with Gasteiger partial charge in [-0.3, -0.25) is 14.4 Å². The highest BCUT2D eigenvalue weighted by Gasteiger charge is 2.40. The van der Waals surface area contributed by atoms with Gasteiger partial charge in [-0.1, -0.05) is 36.4 Å². The highest BCUT2D eigenvalue weighted by molar-refractivity contribution is 7.93. The third kappa shape index (κ3) is 3.05. The molecule has 0 fully saturated rings. The van der Waals surface area contributed by atoms with Gasteiger partial charge in [-0.25, -0.2) is 8.42 Å². The fourth-order valence-electron chi connectivity index (χ4n) is 4.83. The highest BCUT2D eigenvalue weighted by atomic mass is 32.2. The first-order valence-electron chi connectivity index (χ1n) is 10.8. The SMILES string of the molecule is NC1=Nc2[nH]ncc2C(N)N1C1Cc2ccccc2N(S(=O)(=O)c2cccc3cccnc23)C1. The van der Waals surface area contributed by atoms with E-state index in [-0.39, 0.29) is 23.4 Å². The van der Waals surface area contributed by atoms with Gasteiger partial charge in [0.25, 0.3) is 10.0 Å². The van der Waals surface area contributed by atoms with E-state index in [4.69, 9.17) is 11.5 Å². The zero-order chi connectivity index (χ0) is 23.4. The summed E-state index contributed by atoms with van der Waals surface area (Å²) in [7, 11) is -3.95. The summed E-state index contributed by atoms with van der Waals surface area (Å²) in [6, 6.07) is 16.0. The number of nitrogens with zero attached hydrogens (tertiary/aromatic N) is 5. The number of rotatable bonds is 3. The number of H-pyrrole nitrogens is 1. The Morgan fingerprint density at radius 2 is 1.88 bits per heavy atom. The van der Waals surface area contributed by atoms with Crippen molar-refractivity contribution < 1.29 is 8.42 Å². The van der Waals surface area contributed by atoms with E-state index in [0.29, 0.717) is 29.0 Å². The van der Waals surface area contributed by atoms with Crippen LogP contribution in [0.3, 0.4) is 0 Å². The second-order valence-corrected chi connectivity index (χ2v) is 10.2. The van der Waals surface area contributed by atoms with Crippen LogP contribution in [0.1, 0.15) is 17.3 Å². The van der Waals surface area contributed by atoms with E-state index >= 15 is 0 Å². The number of hydrogen-bond acceptors (Lipinski definition) is 8. The maximum atomic E-state index is 14.1. The van der Waals surface area contributed by atoms with Crippen LogP contribution in [0, 0.1) is 0 Å². The molecule has 0 bridgehead atoms. The predicted octanol–water partition coefficient (Wildman–Crippen LogP) is 2.00. The third-order valence-corrected chi connectivity index (χ3v) is 8.22. The number of aliphatic imine (C=N–C) groups is 1.